The lowest BCUT2D eigenvalue weighted by atomic mass is 9.84. The molecule has 2 saturated carbocycles. The van der Waals surface area contributed by atoms with Crippen molar-refractivity contribution in [2.75, 3.05) is 26.2 Å². The summed E-state index contributed by atoms with van der Waals surface area (Å²) >= 11 is 0. The van der Waals surface area contributed by atoms with Crippen LogP contribution in [-0.2, 0) is 4.79 Å². The van der Waals surface area contributed by atoms with E-state index >= 15 is 0 Å². The van der Waals surface area contributed by atoms with Crippen LogP contribution in [0.1, 0.15) is 74.8 Å². The number of rotatable bonds is 5. The Morgan fingerprint density at radius 1 is 1.13 bits per heavy atom. The molecule has 166 valence electrons. The molecular formula is C26H35N3O2. The molecule has 2 heterocycles. The molecule has 3 fully saturated rings. The Morgan fingerprint density at radius 3 is 2.71 bits per heavy atom. The van der Waals surface area contributed by atoms with Crippen LogP contribution in [0.15, 0.2) is 18.2 Å². The van der Waals surface area contributed by atoms with Crippen LogP contribution in [0.4, 0.5) is 0 Å². The van der Waals surface area contributed by atoms with Crippen LogP contribution in [0.3, 0.4) is 0 Å². The number of ether oxygens (including phenoxy) is 1. The zero-order chi connectivity index (χ0) is 21.2. The van der Waals surface area contributed by atoms with Crippen molar-refractivity contribution in [3.63, 3.8) is 0 Å². The molecule has 5 heteroatoms. The van der Waals surface area contributed by atoms with Crippen LogP contribution in [0.2, 0.25) is 0 Å². The smallest absolute Gasteiger partial charge is 0.223 e. The number of carbonyl (C=O) groups excluding carboxylic acids is 1. The number of amides is 1. The maximum absolute atomic E-state index is 12.4. The second kappa shape index (κ2) is 9.20. The summed E-state index contributed by atoms with van der Waals surface area (Å²) in [4.78, 5) is 15.0. The highest BCUT2D eigenvalue weighted by molar-refractivity contribution is 5.79. The topological polar surface area (TPSA) is 65.4 Å². The highest BCUT2D eigenvalue weighted by atomic mass is 16.5. The van der Waals surface area contributed by atoms with Crippen LogP contribution in [0.25, 0.3) is 0 Å². The summed E-state index contributed by atoms with van der Waals surface area (Å²) in [6.45, 7) is 4.15. The summed E-state index contributed by atoms with van der Waals surface area (Å²) in [6.07, 6.45) is 10.7. The minimum atomic E-state index is 0.287. The second-order valence-corrected chi connectivity index (χ2v) is 10.3. The van der Waals surface area contributed by atoms with E-state index in [-0.39, 0.29) is 5.92 Å². The van der Waals surface area contributed by atoms with Gasteiger partial charge in [-0.25, -0.2) is 0 Å². The number of hydrogen-bond acceptors (Lipinski definition) is 4. The van der Waals surface area contributed by atoms with Crippen LogP contribution in [0, 0.1) is 29.1 Å². The van der Waals surface area contributed by atoms with Crippen molar-refractivity contribution in [3.05, 3.63) is 29.3 Å². The van der Waals surface area contributed by atoms with E-state index in [2.05, 4.69) is 16.3 Å². The van der Waals surface area contributed by atoms with E-state index in [1.165, 1.54) is 37.7 Å². The molecule has 1 saturated heterocycles. The summed E-state index contributed by atoms with van der Waals surface area (Å²) in [5.74, 6) is 3.41. The van der Waals surface area contributed by atoms with Crippen molar-refractivity contribution in [1.82, 2.24) is 10.2 Å². The summed E-state index contributed by atoms with van der Waals surface area (Å²) in [5, 5.41) is 12.6. The van der Waals surface area contributed by atoms with Crippen LogP contribution in [0.5, 0.6) is 5.75 Å². The summed E-state index contributed by atoms with van der Waals surface area (Å²) in [6, 6.07) is 8.54. The SMILES string of the molecule is N#Cc1ccc2c(c1)[C@@H]1CN(CC[C@H]3CC[C@H](NC(=O)C4CCCC4)CC3)C[C@H]1CO2. The zero-order valence-electron chi connectivity index (χ0n) is 18.5. The Hall–Kier alpha value is -2.06. The lowest BCUT2D eigenvalue weighted by Crippen LogP contribution is -2.40. The van der Waals surface area contributed by atoms with Gasteiger partial charge in [0.25, 0.3) is 0 Å². The highest BCUT2D eigenvalue weighted by Crippen LogP contribution is 2.42. The van der Waals surface area contributed by atoms with E-state index in [4.69, 9.17) is 4.74 Å². The maximum atomic E-state index is 12.4. The molecule has 0 spiro atoms. The predicted molar refractivity (Wildman–Crippen MR) is 120 cm³/mol. The molecule has 31 heavy (non-hydrogen) atoms. The number of fused-ring (bicyclic) bond motifs is 3. The monoisotopic (exact) mass is 421 g/mol. The van der Waals surface area contributed by atoms with E-state index < -0.39 is 0 Å². The lowest BCUT2D eigenvalue weighted by Gasteiger charge is -2.31. The van der Waals surface area contributed by atoms with Gasteiger partial charge in [-0.05, 0) is 75.6 Å². The van der Waals surface area contributed by atoms with E-state index in [0.29, 0.717) is 23.8 Å². The fraction of sp³-hybridized carbons (Fsp3) is 0.692. The first-order chi connectivity index (χ1) is 15.2. The number of likely N-dealkylation sites (tertiary alicyclic amines) is 1. The Labute approximate surface area is 186 Å². The molecule has 2 aliphatic carbocycles. The van der Waals surface area contributed by atoms with Crippen LogP contribution >= 0.6 is 0 Å². The first kappa shape index (κ1) is 20.8. The van der Waals surface area contributed by atoms with Crippen molar-refractivity contribution in [1.29, 1.82) is 5.26 Å². The van der Waals surface area contributed by atoms with Crippen molar-refractivity contribution >= 4 is 5.91 Å². The molecule has 2 atom stereocenters. The van der Waals surface area contributed by atoms with Gasteiger partial charge in [-0.3, -0.25) is 4.79 Å². The molecule has 2 aliphatic heterocycles. The van der Waals surface area contributed by atoms with Gasteiger partial charge in [0.1, 0.15) is 5.75 Å². The summed E-state index contributed by atoms with van der Waals surface area (Å²) in [7, 11) is 0. The molecule has 1 aromatic carbocycles. The lowest BCUT2D eigenvalue weighted by molar-refractivity contribution is -0.125. The van der Waals surface area contributed by atoms with E-state index in [1.807, 2.05) is 18.2 Å². The molecule has 1 aromatic rings. The molecule has 0 bridgehead atoms. The maximum Gasteiger partial charge on any atom is 0.223 e. The van der Waals surface area contributed by atoms with Crippen LogP contribution in [-0.4, -0.2) is 43.1 Å². The standard InChI is InChI=1S/C26H35N3O2/c27-14-19-7-10-25-23(13-19)24-16-29(15-21(24)17-31-25)12-11-18-5-8-22(9-6-18)28-26(30)20-3-1-2-4-20/h7,10,13,18,20-22,24H,1-6,8-9,11-12,15-17H2,(H,28,30)/t18-,21-,22-,24+/m0/s1. The first-order valence-electron chi connectivity index (χ1n) is 12.4. The van der Waals surface area contributed by atoms with Crippen molar-refractivity contribution in [2.45, 2.75) is 69.7 Å². The Morgan fingerprint density at radius 2 is 1.94 bits per heavy atom. The van der Waals surface area contributed by atoms with Gasteiger partial charge >= 0.3 is 0 Å². The summed E-state index contributed by atoms with van der Waals surface area (Å²) < 4.78 is 5.99. The molecule has 5 nitrogen and oxygen atoms in total. The van der Waals surface area contributed by atoms with E-state index in [1.54, 1.807) is 0 Å². The first-order valence-corrected chi connectivity index (χ1v) is 12.4. The van der Waals surface area contributed by atoms with E-state index in [0.717, 1.165) is 69.2 Å². The minimum Gasteiger partial charge on any atom is -0.493 e. The van der Waals surface area contributed by atoms with Gasteiger partial charge in [0.05, 0.1) is 18.2 Å². The molecule has 0 radical (unpaired) electrons. The third kappa shape index (κ3) is 4.60. The van der Waals surface area contributed by atoms with Crippen molar-refractivity contribution < 1.29 is 9.53 Å². The number of carbonyl (C=O) groups is 1. The normalized spacial score (nSPS) is 30.8. The average Bonchev–Trinajstić information content (AvgIpc) is 3.48. The molecule has 1 amide bonds. The number of nitriles is 1. The molecule has 4 aliphatic rings. The largest absolute Gasteiger partial charge is 0.493 e. The Balaban J connectivity index is 1.07. The van der Waals surface area contributed by atoms with Gasteiger partial charge in [-0.1, -0.05) is 12.8 Å². The quantitative estimate of drug-likeness (QED) is 0.773. The zero-order valence-corrected chi connectivity index (χ0v) is 18.5. The van der Waals surface area contributed by atoms with Crippen molar-refractivity contribution in [3.8, 4) is 11.8 Å². The number of nitrogens with zero attached hydrogens (tertiary/aromatic N) is 2. The molecule has 1 N–H and O–H groups in total. The van der Waals surface area contributed by atoms with Crippen LogP contribution < -0.4 is 10.1 Å². The molecular weight excluding hydrogens is 386 g/mol. The Kier molecular flexibility index (Phi) is 6.18. The van der Waals surface area contributed by atoms with Gasteiger partial charge < -0.3 is 15.0 Å². The van der Waals surface area contributed by atoms with E-state index in [9.17, 15) is 10.1 Å². The average molecular weight is 422 g/mol. The molecule has 0 aromatic heterocycles. The number of benzene rings is 1. The van der Waals surface area contributed by atoms with Gasteiger partial charge in [-0.2, -0.15) is 5.26 Å². The van der Waals surface area contributed by atoms with Gasteiger partial charge in [-0.15, -0.1) is 0 Å². The highest BCUT2D eigenvalue weighted by Gasteiger charge is 2.39. The molecule has 5 rings (SSSR count). The fourth-order valence-corrected chi connectivity index (χ4v) is 6.37. The molecule has 0 unspecified atom stereocenters. The van der Waals surface area contributed by atoms with Gasteiger partial charge in [0.15, 0.2) is 0 Å². The second-order valence-electron chi connectivity index (χ2n) is 10.3. The van der Waals surface area contributed by atoms with Gasteiger partial charge in [0.2, 0.25) is 5.91 Å². The predicted octanol–water partition coefficient (Wildman–Crippen LogP) is 4.22. The number of hydrogen-bond donors (Lipinski definition) is 1. The van der Waals surface area contributed by atoms with Crippen molar-refractivity contribution in [2.24, 2.45) is 17.8 Å². The minimum absolute atomic E-state index is 0.287. The van der Waals surface area contributed by atoms with Gasteiger partial charge in [0, 0.05) is 42.4 Å². The third-order valence-electron chi connectivity index (χ3n) is 8.28. The Bertz CT molecular complexity index is 834. The third-order valence-corrected chi connectivity index (χ3v) is 8.28. The fourth-order valence-electron chi connectivity index (χ4n) is 6.37. The number of nitrogens with one attached hydrogen (secondary N) is 1. The summed E-state index contributed by atoms with van der Waals surface area (Å²) in [5.41, 5.74) is 1.97.